The van der Waals surface area contributed by atoms with Crippen molar-refractivity contribution < 1.29 is 14.4 Å². The van der Waals surface area contributed by atoms with Crippen molar-refractivity contribution >= 4 is 17.5 Å². The van der Waals surface area contributed by atoms with E-state index in [0.29, 0.717) is 28.8 Å². The largest absolute Gasteiger partial charge is 0.345 e. The summed E-state index contributed by atoms with van der Waals surface area (Å²) in [5, 5.41) is 3.15. The van der Waals surface area contributed by atoms with E-state index in [0.717, 1.165) is 6.54 Å². The fourth-order valence-corrected chi connectivity index (χ4v) is 3.77. The molecule has 0 atom stereocenters. The van der Waals surface area contributed by atoms with Gasteiger partial charge in [0.1, 0.15) is 0 Å². The summed E-state index contributed by atoms with van der Waals surface area (Å²) >= 11 is 0. The van der Waals surface area contributed by atoms with Crippen molar-refractivity contribution in [3.05, 3.63) is 22.3 Å². The minimum absolute atomic E-state index is 0.0244. The standard InChI is InChI=1S/C21H34N2O3/c1-13-14(2)19(26)17(15(3)18(13)25)21(6,7)10-16(24)23(9)12-20(4,5)11-22-8/h22H,10-12H2,1-9H3. The predicted molar refractivity (Wildman–Crippen MR) is 105 cm³/mol. The van der Waals surface area contributed by atoms with Gasteiger partial charge in [0, 0.05) is 54.3 Å². The van der Waals surface area contributed by atoms with Crippen LogP contribution in [0.1, 0.15) is 54.9 Å². The molecule has 0 aliphatic heterocycles. The number of allylic oxidation sites excluding steroid dienone is 4. The highest BCUT2D eigenvalue weighted by atomic mass is 16.2. The smallest absolute Gasteiger partial charge is 0.223 e. The summed E-state index contributed by atoms with van der Waals surface area (Å²) < 4.78 is 0. The van der Waals surface area contributed by atoms with E-state index in [4.69, 9.17) is 0 Å². The van der Waals surface area contributed by atoms with Crippen molar-refractivity contribution in [3.63, 3.8) is 0 Å². The van der Waals surface area contributed by atoms with E-state index in [2.05, 4.69) is 19.2 Å². The highest BCUT2D eigenvalue weighted by Gasteiger charge is 2.39. The topological polar surface area (TPSA) is 66.5 Å². The van der Waals surface area contributed by atoms with Crippen molar-refractivity contribution in [2.24, 2.45) is 10.8 Å². The number of carbonyl (C=O) groups excluding carboxylic acids is 3. The predicted octanol–water partition coefficient (Wildman–Crippen LogP) is 2.91. The van der Waals surface area contributed by atoms with Crippen LogP contribution in [0.25, 0.3) is 0 Å². The molecule has 5 nitrogen and oxygen atoms in total. The zero-order valence-corrected chi connectivity index (χ0v) is 17.8. The maximum atomic E-state index is 12.8. The molecule has 0 heterocycles. The van der Waals surface area contributed by atoms with E-state index in [1.165, 1.54) is 0 Å². The van der Waals surface area contributed by atoms with Gasteiger partial charge in [-0.3, -0.25) is 14.4 Å². The molecule has 1 aliphatic carbocycles. The summed E-state index contributed by atoms with van der Waals surface area (Å²) in [7, 11) is 3.69. The third-order valence-corrected chi connectivity index (χ3v) is 5.20. The van der Waals surface area contributed by atoms with Crippen LogP contribution in [0.2, 0.25) is 0 Å². The average molecular weight is 363 g/mol. The highest BCUT2D eigenvalue weighted by molar-refractivity contribution is 6.25. The molecule has 0 saturated carbocycles. The van der Waals surface area contributed by atoms with Gasteiger partial charge < -0.3 is 10.2 Å². The van der Waals surface area contributed by atoms with Crippen LogP contribution in [0.15, 0.2) is 22.3 Å². The molecule has 146 valence electrons. The lowest BCUT2D eigenvalue weighted by Gasteiger charge is -2.35. The monoisotopic (exact) mass is 362 g/mol. The molecule has 0 saturated heterocycles. The van der Waals surface area contributed by atoms with Gasteiger partial charge in [0.15, 0.2) is 11.6 Å². The Kier molecular flexibility index (Phi) is 6.74. The number of amides is 1. The van der Waals surface area contributed by atoms with E-state index in [-0.39, 0.29) is 29.3 Å². The summed E-state index contributed by atoms with van der Waals surface area (Å²) in [5.74, 6) is -0.236. The fraction of sp³-hybridized carbons (Fsp3) is 0.667. The molecule has 0 aromatic heterocycles. The van der Waals surface area contributed by atoms with Gasteiger partial charge in [-0.25, -0.2) is 0 Å². The normalized spacial score (nSPS) is 16.5. The Balaban J connectivity index is 3.03. The molecule has 0 aromatic rings. The number of nitrogens with one attached hydrogen (secondary N) is 1. The summed E-state index contributed by atoms with van der Waals surface area (Å²) in [5.41, 5.74) is 1.18. The van der Waals surface area contributed by atoms with Crippen molar-refractivity contribution in [2.45, 2.75) is 54.9 Å². The minimum atomic E-state index is -0.697. The number of hydrogen-bond acceptors (Lipinski definition) is 4. The Labute approximate surface area is 157 Å². The van der Waals surface area contributed by atoms with Gasteiger partial charge in [0.05, 0.1) is 0 Å². The van der Waals surface area contributed by atoms with Gasteiger partial charge in [0.25, 0.3) is 0 Å². The molecule has 0 unspecified atom stereocenters. The first-order valence-corrected chi connectivity index (χ1v) is 9.12. The minimum Gasteiger partial charge on any atom is -0.345 e. The third-order valence-electron chi connectivity index (χ3n) is 5.20. The second-order valence-corrected chi connectivity index (χ2v) is 8.91. The van der Waals surface area contributed by atoms with Crippen LogP contribution in [-0.2, 0) is 14.4 Å². The second kappa shape index (κ2) is 7.87. The van der Waals surface area contributed by atoms with Crippen LogP contribution < -0.4 is 5.32 Å². The maximum Gasteiger partial charge on any atom is 0.223 e. The molecule has 0 radical (unpaired) electrons. The van der Waals surface area contributed by atoms with E-state index < -0.39 is 5.41 Å². The molecule has 1 amide bonds. The lowest BCUT2D eigenvalue weighted by Crippen LogP contribution is -2.42. The lowest BCUT2D eigenvalue weighted by molar-refractivity contribution is -0.133. The lowest BCUT2D eigenvalue weighted by atomic mass is 9.71. The van der Waals surface area contributed by atoms with Gasteiger partial charge in [-0.2, -0.15) is 0 Å². The molecule has 0 fully saturated rings. The molecule has 1 N–H and O–H groups in total. The molecule has 26 heavy (non-hydrogen) atoms. The molecule has 0 aromatic carbocycles. The van der Waals surface area contributed by atoms with Gasteiger partial charge in [-0.15, -0.1) is 0 Å². The quantitative estimate of drug-likeness (QED) is 0.707. The fourth-order valence-electron chi connectivity index (χ4n) is 3.77. The Morgan fingerprint density at radius 3 is 1.96 bits per heavy atom. The van der Waals surface area contributed by atoms with E-state index in [1.807, 2.05) is 20.9 Å². The van der Waals surface area contributed by atoms with Crippen molar-refractivity contribution in [3.8, 4) is 0 Å². The van der Waals surface area contributed by atoms with Crippen LogP contribution >= 0.6 is 0 Å². The number of nitrogens with zero attached hydrogens (tertiary/aromatic N) is 1. The summed E-state index contributed by atoms with van der Waals surface area (Å²) in [6.45, 7) is 14.4. The first-order valence-electron chi connectivity index (χ1n) is 9.12. The summed E-state index contributed by atoms with van der Waals surface area (Å²) in [6, 6.07) is 0. The Bertz CT molecular complexity index is 681. The van der Waals surface area contributed by atoms with E-state index >= 15 is 0 Å². The van der Waals surface area contributed by atoms with Crippen LogP contribution in [0.5, 0.6) is 0 Å². The maximum absolute atomic E-state index is 12.8. The zero-order valence-electron chi connectivity index (χ0n) is 17.8. The number of carbonyl (C=O) groups is 3. The number of Topliss-reactive ketones (excluding diaryl/α,β-unsaturated/α-hetero) is 2. The van der Waals surface area contributed by atoms with Crippen molar-refractivity contribution in [2.75, 3.05) is 27.2 Å². The number of ketones is 2. The number of rotatable bonds is 7. The van der Waals surface area contributed by atoms with Crippen molar-refractivity contribution in [1.82, 2.24) is 10.2 Å². The first-order chi connectivity index (χ1) is 11.7. The first kappa shape index (κ1) is 22.3. The van der Waals surface area contributed by atoms with Gasteiger partial charge in [0.2, 0.25) is 5.91 Å². The Morgan fingerprint density at radius 2 is 1.46 bits per heavy atom. The van der Waals surface area contributed by atoms with Gasteiger partial charge >= 0.3 is 0 Å². The zero-order chi connectivity index (χ0) is 20.4. The highest BCUT2D eigenvalue weighted by Crippen LogP contribution is 2.39. The summed E-state index contributed by atoms with van der Waals surface area (Å²) in [6.07, 6.45) is 0.192. The Hall–Kier alpha value is -1.75. The second-order valence-electron chi connectivity index (χ2n) is 8.91. The van der Waals surface area contributed by atoms with E-state index in [1.54, 1.807) is 32.7 Å². The third kappa shape index (κ3) is 4.70. The SMILES string of the molecule is CNCC(C)(C)CN(C)C(=O)CC(C)(C)C1=C(C)C(=O)C(C)=C(C)C1=O. The number of hydrogen-bond donors (Lipinski definition) is 1. The van der Waals surface area contributed by atoms with Gasteiger partial charge in [-0.05, 0) is 33.2 Å². The van der Waals surface area contributed by atoms with E-state index in [9.17, 15) is 14.4 Å². The molecule has 1 rings (SSSR count). The van der Waals surface area contributed by atoms with Crippen LogP contribution in [0, 0.1) is 10.8 Å². The molecule has 5 heteroatoms. The average Bonchev–Trinajstić information content (AvgIpc) is 2.49. The van der Waals surface area contributed by atoms with Crippen molar-refractivity contribution in [1.29, 1.82) is 0 Å². The molecular formula is C21H34N2O3. The molecule has 0 bridgehead atoms. The molecule has 0 spiro atoms. The Morgan fingerprint density at radius 1 is 0.962 bits per heavy atom. The van der Waals surface area contributed by atoms with Crippen LogP contribution in [0.3, 0.4) is 0 Å². The van der Waals surface area contributed by atoms with Crippen LogP contribution in [-0.4, -0.2) is 49.6 Å². The molecule has 1 aliphatic rings. The van der Waals surface area contributed by atoms with Gasteiger partial charge in [-0.1, -0.05) is 27.7 Å². The van der Waals surface area contributed by atoms with Crippen LogP contribution in [0.4, 0.5) is 0 Å². The molecular weight excluding hydrogens is 328 g/mol. The summed E-state index contributed by atoms with van der Waals surface area (Å²) in [4.78, 5) is 39.8.